The van der Waals surface area contributed by atoms with Crippen molar-refractivity contribution >= 4 is 15.9 Å². The molecular formula is C24H34BrNO2. The number of rotatable bonds is 13. The second-order valence-electron chi connectivity index (χ2n) is 7.28. The number of methoxy groups -OCH3 is 1. The lowest BCUT2D eigenvalue weighted by atomic mass is 10.1. The van der Waals surface area contributed by atoms with Gasteiger partial charge in [0.15, 0.2) is 11.5 Å². The predicted molar refractivity (Wildman–Crippen MR) is 121 cm³/mol. The van der Waals surface area contributed by atoms with Crippen LogP contribution in [-0.2, 0) is 13.2 Å². The Labute approximate surface area is 179 Å². The number of ether oxygens (including phenoxy) is 2. The van der Waals surface area contributed by atoms with E-state index in [4.69, 9.17) is 9.47 Å². The molecule has 0 radical (unpaired) electrons. The molecule has 4 heteroatoms. The van der Waals surface area contributed by atoms with Crippen LogP contribution < -0.4 is 14.8 Å². The van der Waals surface area contributed by atoms with Crippen LogP contribution in [0.1, 0.15) is 62.1 Å². The molecule has 2 rings (SSSR count). The second-order valence-corrected chi connectivity index (χ2v) is 8.13. The van der Waals surface area contributed by atoms with Gasteiger partial charge < -0.3 is 14.8 Å². The summed E-state index contributed by atoms with van der Waals surface area (Å²) in [4.78, 5) is 0. The van der Waals surface area contributed by atoms with E-state index in [9.17, 15) is 0 Å². The van der Waals surface area contributed by atoms with Gasteiger partial charge in [0.2, 0.25) is 0 Å². The molecule has 154 valence electrons. The minimum Gasteiger partial charge on any atom is -0.493 e. The lowest BCUT2D eigenvalue weighted by molar-refractivity contribution is 0.280. The number of unbranched alkanes of at least 4 members (excludes halogenated alkanes) is 5. The molecule has 0 unspecified atom stereocenters. The summed E-state index contributed by atoms with van der Waals surface area (Å²) in [5.74, 6) is 1.58. The van der Waals surface area contributed by atoms with E-state index in [0.29, 0.717) is 6.61 Å². The molecule has 2 aromatic carbocycles. The quantitative estimate of drug-likeness (QED) is 0.342. The van der Waals surface area contributed by atoms with E-state index in [2.05, 4.69) is 59.4 Å². The van der Waals surface area contributed by atoms with Gasteiger partial charge in [-0.25, -0.2) is 0 Å². The van der Waals surface area contributed by atoms with Gasteiger partial charge in [-0.3, -0.25) is 0 Å². The first-order valence-corrected chi connectivity index (χ1v) is 11.2. The van der Waals surface area contributed by atoms with Crippen molar-refractivity contribution in [1.82, 2.24) is 5.32 Å². The Bertz CT molecular complexity index is 700. The first-order chi connectivity index (χ1) is 13.7. The van der Waals surface area contributed by atoms with Crippen molar-refractivity contribution in [2.24, 2.45) is 0 Å². The molecule has 0 saturated carbocycles. The summed E-state index contributed by atoms with van der Waals surface area (Å²) in [6.45, 7) is 6.66. The molecule has 0 saturated heterocycles. The average Bonchev–Trinajstić information content (AvgIpc) is 2.71. The first kappa shape index (κ1) is 22.8. The van der Waals surface area contributed by atoms with Gasteiger partial charge in [-0.15, -0.1) is 0 Å². The highest BCUT2D eigenvalue weighted by molar-refractivity contribution is 9.10. The Morgan fingerprint density at radius 3 is 2.36 bits per heavy atom. The van der Waals surface area contributed by atoms with Gasteiger partial charge >= 0.3 is 0 Å². The van der Waals surface area contributed by atoms with Crippen molar-refractivity contribution in [2.75, 3.05) is 13.7 Å². The van der Waals surface area contributed by atoms with E-state index in [0.717, 1.165) is 40.2 Å². The second kappa shape index (κ2) is 12.8. The fourth-order valence-corrected chi connectivity index (χ4v) is 3.60. The van der Waals surface area contributed by atoms with E-state index in [1.807, 2.05) is 12.1 Å². The summed E-state index contributed by atoms with van der Waals surface area (Å²) < 4.78 is 12.8. The fraction of sp³-hybridized carbons (Fsp3) is 0.500. The zero-order valence-corrected chi connectivity index (χ0v) is 19.1. The van der Waals surface area contributed by atoms with Crippen LogP contribution >= 0.6 is 15.9 Å². The van der Waals surface area contributed by atoms with E-state index >= 15 is 0 Å². The van der Waals surface area contributed by atoms with E-state index in [1.54, 1.807) is 7.11 Å². The SMILES string of the molecule is CCCCCCCCNCc1c(Br)ccc(OC)c1OCc1ccc(C)cc1. The lowest BCUT2D eigenvalue weighted by Crippen LogP contribution is -2.16. The number of aryl methyl sites for hydroxylation is 1. The van der Waals surface area contributed by atoms with Crippen molar-refractivity contribution in [1.29, 1.82) is 0 Å². The highest BCUT2D eigenvalue weighted by atomic mass is 79.9. The van der Waals surface area contributed by atoms with Crippen LogP contribution in [0, 0.1) is 6.92 Å². The molecule has 0 amide bonds. The van der Waals surface area contributed by atoms with Crippen LogP contribution in [0.25, 0.3) is 0 Å². The van der Waals surface area contributed by atoms with Gasteiger partial charge in [-0.2, -0.15) is 0 Å². The Hall–Kier alpha value is -1.52. The van der Waals surface area contributed by atoms with Crippen molar-refractivity contribution in [3.05, 3.63) is 57.6 Å². The molecule has 1 N–H and O–H groups in total. The normalized spacial score (nSPS) is 10.9. The van der Waals surface area contributed by atoms with Crippen LogP contribution in [0.2, 0.25) is 0 Å². The summed E-state index contributed by atoms with van der Waals surface area (Å²) in [5, 5.41) is 3.57. The number of hydrogen-bond donors (Lipinski definition) is 1. The minimum atomic E-state index is 0.525. The summed E-state index contributed by atoms with van der Waals surface area (Å²) in [6, 6.07) is 12.4. The Balaban J connectivity index is 1.93. The maximum atomic E-state index is 6.19. The molecule has 2 aromatic rings. The maximum Gasteiger partial charge on any atom is 0.167 e. The van der Waals surface area contributed by atoms with Gasteiger partial charge in [-0.05, 0) is 37.6 Å². The molecule has 0 aliphatic heterocycles. The minimum absolute atomic E-state index is 0.525. The maximum absolute atomic E-state index is 6.19. The third-order valence-electron chi connectivity index (χ3n) is 4.90. The third kappa shape index (κ3) is 7.48. The molecular weight excluding hydrogens is 414 g/mol. The molecule has 0 aliphatic carbocycles. The standard InChI is InChI=1S/C24H34BrNO2/c1-4-5-6-7-8-9-16-26-17-21-22(25)14-15-23(27-3)24(21)28-18-20-12-10-19(2)11-13-20/h10-15,26H,4-9,16-18H2,1-3H3. The Kier molecular flexibility index (Phi) is 10.4. The third-order valence-corrected chi connectivity index (χ3v) is 5.64. The number of hydrogen-bond acceptors (Lipinski definition) is 3. The van der Waals surface area contributed by atoms with Crippen LogP contribution in [0.4, 0.5) is 0 Å². The molecule has 0 spiro atoms. The van der Waals surface area contributed by atoms with Gasteiger partial charge in [0, 0.05) is 16.6 Å². The molecule has 3 nitrogen and oxygen atoms in total. The number of benzene rings is 2. The largest absolute Gasteiger partial charge is 0.493 e. The predicted octanol–water partition coefficient (Wildman–Crippen LogP) is 6.80. The van der Waals surface area contributed by atoms with Gasteiger partial charge in [-0.1, -0.05) is 84.8 Å². The Morgan fingerprint density at radius 2 is 1.64 bits per heavy atom. The van der Waals surface area contributed by atoms with Gasteiger partial charge in [0.05, 0.1) is 7.11 Å². The van der Waals surface area contributed by atoms with Crippen LogP contribution in [-0.4, -0.2) is 13.7 Å². The zero-order chi connectivity index (χ0) is 20.2. The monoisotopic (exact) mass is 447 g/mol. The summed E-state index contributed by atoms with van der Waals surface area (Å²) >= 11 is 3.68. The highest BCUT2D eigenvalue weighted by Crippen LogP contribution is 2.36. The van der Waals surface area contributed by atoms with Crippen molar-refractivity contribution < 1.29 is 9.47 Å². The van der Waals surface area contributed by atoms with Gasteiger partial charge in [0.1, 0.15) is 6.61 Å². The number of halogens is 1. The molecule has 0 heterocycles. The molecule has 0 aromatic heterocycles. The van der Waals surface area contributed by atoms with E-state index in [-0.39, 0.29) is 0 Å². The topological polar surface area (TPSA) is 30.5 Å². The van der Waals surface area contributed by atoms with Crippen LogP contribution in [0.3, 0.4) is 0 Å². The van der Waals surface area contributed by atoms with Crippen LogP contribution in [0.15, 0.2) is 40.9 Å². The lowest BCUT2D eigenvalue weighted by Gasteiger charge is -2.17. The van der Waals surface area contributed by atoms with Crippen molar-refractivity contribution in [3.63, 3.8) is 0 Å². The van der Waals surface area contributed by atoms with E-state index < -0.39 is 0 Å². The highest BCUT2D eigenvalue weighted by Gasteiger charge is 2.14. The molecule has 0 atom stereocenters. The molecule has 0 aliphatic rings. The van der Waals surface area contributed by atoms with Crippen molar-refractivity contribution in [3.8, 4) is 11.5 Å². The average molecular weight is 448 g/mol. The summed E-state index contributed by atoms with van der Waals surface area (Å²) in [7, 11) is 1.69. The molecule has 28 heavy (non-hydrogen) atoms. The van der Waals surface area contributed by atoms with Gasteiger partial charge in [0.25, 0.3) is 0 Å². The molecule has 0 fully saturated rings. The molecule has 0 bridgehead atoms. The summed E-state index contributed by atoms with van der Waals surface area (Å²) in [6.07, 6.45) is 7.85. The Morgan fingerprint density at radius 1 is 0.929 bits per heavy atom. The van der Waals surface area contributed by atoms with Crippen molar-refractivity contribution in [2.45, 2.75) is 65.5 Å². The zero-order valence-electron chi connectivity index (χ0n) is 17.5. The van der Waals surface area contributed by atoms with Crippen LogP contribution in [0.5, 0.6) is 11.5 Å². The number of nitrogens with one attached hydrogen (secondary N) is 1. The van der Waals surface area contributed by atoms with E-state index in [1.165, 1.54) is 44.1 Å². The fourth-order valence-electron chi connectivity index (χ4n) is 3.15. The first-order valence-electron chi connectivity index (χ1n) is 10.4. The smallest absolute Gasteiger partial charge is 0.167 e. The summed E-state index contributed by atoms with van der Waals surface area (Å²) in [5.41, 5.74) is 3.51.